The molecule has 3 aromatic rings. The number of amides is 1. The van der Waals surface area contributed by atoms with Crippen LogP contribution in [0.4, 0.5) is 5.69 Å². The standard InChI is InChI=1S/C21H17NO4/c23-21(22-17-7-2-1-3-8-17)16-6-4-5-15(11-16)13-24-18-9-10-19-20(12-18)26-14-25-19/h1-12H,13-14H2,(H,22,23). The molecule has 0 radical (unpaired) electrons. The molecule has 1 amide bonds. The first-order valence-corrected chi connectivity index (χ1v) is 8.26. The molecule has 1 N–H and O–H groups in total. The van der Waals surface area contributed by atoms with Gasteiger partial charge in [-0.1, -0.05) is 30.3 Å². The van der Waals surface area contributed by atoms with Crippen LogP contribution in [0.25, 0.3) is 0 Å². The number of carbonyl (C=O) groups is 1. The van der Waals surface area contributed by atoms with Crippen LogP contribution in [0.5, 0.6) is 17.2 Å². The molecule has 0 saturated carbocycles. The fraction of sp³-hybridized carbons (Fsp3) is 0.0952. The third-order valence-electron chi connectivity index (χ3n) is 3.97. The zero-order chi connectivity index (χ0) is 17.8. The third kappa shape index (κ3) is 3.62. The van der Waals surface area contributed by atoms with E-state index in [1.165, 1.54) is 0 Å². The molecule has 0 aliphatic carbocycles. The van der Waals surface area contributed by atoms with Gasteiger partial charge in [0.15, 0.2) is 11.5 Å². The molecule has 1 heterocycles. The Kier molecular flexibility index (Phi) is 4.43. The van der Waals surface area contributed by atoms with Gasteiger partial charge in [0.25, 0.3) is 5.91 Å². The van der Waals surface area contributed by atoms with Gasteiger partial charge in [-0.2, -0.15) is 0 Å². The van der Waals surface area contributed by atoms with E-state index in [-0.39, 0.29) is 12.7 Å². The van der Waals surface area contributed by atoms with Gasteiger partial charge in [-0.3, -0.25) is 4.79 Å². The van der Waals surface area contributed by atoms with Crippen LogP contribution in [0.3, 0.4) is 0 Å². The van der Waals surface area contributed by atoms with Crippen LogP contribution in [0.1, 0.15) is 15.9 Å². The lowest BCUT2D eigenvalue weighted by Crippen LogP contribution is -2.12. The molecule has 4 rings (SSSR count). The maximum Gasteiger partial charge on any atom is 0.255 e. The Labute approximate surface area is 151 Å². The van der Waals surface area contributed by atoms with Gasteiger partial charge in [0.05, 0.1) is 0 Å². The van der Waals surface area contributed by atoms with Crippen LogP contribution in [-0.4, -0.2) is 12.7 Å². The summed E-state index contributed by atoms with van der Waals surface area (Å²) in [4.78, 5) is 12.4. The molecule has 0 unspecified atom stereocenters. The fourth-order valence-electron chi connectivity index (χ4n) is 2.66. The Balaban J connectivity index is 1.42. The molecule has 0 atom stereocenters. The largest absolute Gasteiger partial charge is 0.489 e. The van der Waals surface area contributed by atoms with Crippen molar-refractivity contribution in [2.75, 3.05) is 12.1 Å². The number of nitrogens with one attached hydrogen (secondary N) is 1. The topological polar surface area (TPSA) is 56.8 Å². The van der Waals surface area contributed by atoms with Crippen molar-refractivity contribution in [1.29, 1.82) is 0 Å². The first-order valence-electron chi connectivity index (χ1n) is 8.26. The van der Waals surface area contributed by atoms with E-state index in [2.05, 4.69) is 5.32 Å². The first-order chi connectivity index (χ1) is 12.8. The van der Waals surface area contributed by atoms with Gasteiger partial charge in [0.1, 0.15) is 12.4 Å². The number of anilines is 1. The summed E-state index contributed by atoms with van der Waals surface area (Å²) < 4.78 is 16.4. The highest BCUT2D eigenvalue weighted by atomic mass is 16.7. The summed E-state index contributed by atoms with van der Waals surface area (Å²) in [6.07, 6.45) is 0. The SMILES string of the molecule is O=C(Nc1ccccc1)c1cccc(COc2ccc3c(c2)OCO3)c1. The lowest BCUT2D eigenvalue weighted by atomic mass is 10.1. The van der Waals surface area contributed by atoms with Crippen molar-refractivity contribution < 1.29 is 19.0 Å². The maximum atomic E-state index is 12.4. The van der Waals surface area contributed by atoms with Crippen LogP contribution in [-0.2, 0) is 6.61 Å². The van der Waals surface area contributed by atoms with E-state index >= 15 is 0 Å². The average molecular weight is 347 g/mol. The van der Waals surface area contributed by atoms with Crippen molar-refractivity contribution in [1.82, 2.24) is 0 Å². The Morgan fingerprint density at radius 1 is 0.923 bits per heavy atom. The van der Waals surface area contributed by atoms with E-state index in [1.54, 1.807) is 12.1 Å². The second-order valence-corrected chi connectivity index (χ2v) is 5.82. The summed E-state index contributed by atoms with van der Waals surface area (Å²) in [7, 11) is 0. The fourth-order valence-corrected chi connectivity index (χ4v) is 2.66. The Morgan fingerprint density at radius 3 is 2.65 bits per heavy atom. The number of para-hydroxylation sites is 1. The Morgan fingerprint density at radius 2 is 1.77 bits per heavy atom. The van der Waals surface area contributed by atoms with Crippen molar-refractivity contribution in [3.8, 4) is 17.2 Å². The molecule has 26 heavy (non-hydrogen) atoms. The minimum absolute atomic E-state index is 0.152. The highest BCUT2D eigenvalue weighted by molar-refractivity contribution is 6.04. The summed E-state index contributed by atoms with van der Waals surface area (Å²) in [6, 6.07) is 22.2. The van der Waals surface area contributed by atoms with Crippen LogP contribution >= 0.6 is 0 Å². The van der Waals surface area contributed by atoms with Crippen molar-refractivity contribution >= 4 is 11.6 Å². The molecule has 5 heteroatoms. The van der Waals surface area contributed by atoms with Gasteiger partial charge in [-0.15, -0.1) is 0 Å². The predicted molar refractivity (Wildman–Crippen MR) is 97.7 cm³/mol. The molecule has 0 bridgehead atoms. The van der Waals surface area contributed by atoms with Crippen molar-refractivity contribution in [3.05, 3.63) is 83.9 Å². The zero-order valence-electron chi connectivity index (χ0n) is 14.0. The van der Waals surface area contributed by atoms with E-state index < -0.39 is 0 Å². The lowest BCUT2D eigenvalue weighted by molar-refractivity contribution is 0.102. The maximum absolute atomic E-state index is 12.4. The molecule has 5 nitrogen and oxygen atoms in total. The van der Waals surface area contributed by atoms with Crippen molar-refractivity contribution in [2.45, 2.75) is 6.61 Å². The quantitative estimate of drug-likeness (QED) is 0.750. The first kappa shape index (κ1) is 16.0. The number of benzene rings is 3. The van der Waals surface area contributed by atoms with Gasteiger partial charge in [-0.05, 0) is 42.0 Å². The molecule has 0 spiro atoms. The van der Waals surface area contributed by atoms with Crippen molar-refractivity contribution in [3.63, 3.8) is 0 Å². The van der Waals surface area contributed by atoms with Crippen LogP contribution in [0, 0.1) is 0 Å². The van der Waals surface area contributed by atoms with Crippen molar-refractivity contribution in [2.24, 2.45) is 0 Å². The Bertz CT molecular complexity index is 924. The second kappa shape index (κ2) is 7.19. The average Bonchev–Trinajstić information content (AvgIpc) is 3.15. The molecule has 0 saturated heterocycles. The number of ether oxygens (including phenoxy) is 3. The lowest BCUT2D eigenvalue weighted by Gasteiger charge is -2.09. The van der Waals surface area contributed by atoms with E-state index in [0.29, 0.717) is 23.7 Å². The number of hydrogen-bond acceptors (Lipinski definition) is 4. The number of fused-ring (bicyclic) bond motifs is 1. The molecular formula is C21H17NO4. The van der Waals surface area contributed by atoms with E-state index in [0.717, 1.165) is 17.0 Å². The molecule has 0 fully saturated rings. The Hall–Kier alpha value is -3.47. The minimum Gasteiger partial charge on any atom is -0.489 e. The van der Waals surface area contributed by atoms with Crippen LogP contribution in [0.15, 0.2) is 72.8 Å². The number of rotatable bonds is 5. The molecule has 1 aliphatic heterocycles. The molecular weight excluding hydrogens is 330 g/mol. The normalized spacial score (nSPS) is 11.8. The highest BCUT2D eigenvalue weighted by Gasteiger charge is 2.14. The van der Waals surface area contributed by atoms with E-state index in [1.807, 2.05) is 60.7 Å². The zero-order valence-corrected chi connectivity index (χ0v) is 14.0. The summed E-state index contributed by atoms with van der Waals surface area (Å²) in [5.74, 6) is 1.94. The monoisotopic (exact) mass is 347 g/mol. The second-order valence-electron chi connectivity index (χ2n) is 5.82. The minimum atomic E-state index is -0.152. The summed E-state index contributed by atoms with van der Waals surface area (Å²) in [6.45, 7) is 0.587. The van der Waals surface area contributed by atoms with Crippen LogP contribution < -0.4 is 19.5 Å². The van der Waals surface area contributed by atoms with Gasteiger partial charge >= 0.3 is 0 Å². The molecule has 3 aromatic carbocycles. The van der Waals surface area contributed by atoms with Gasteiger partial charge in [0.2, 0.25) is 6.79 Å². The smallest absolute Gasteiger partial charge is 0.255 e. The van der Waals surface area contributed by atoms with Gasteiger partial charge in [-0.25, -0.2) is 0 Å². The molecule has 130 valence electrons. The number of hydrogen-bond donors (Lipinski definition) is 1. The van der Waals surface area contributed by atoms with Crippen LogP contribution in [0.2, 0.25) is 0 Å². The number of carbonyl (C=O) groups excluding carboxylic acids is 1. The van der Waals surface area contributed by atoms with E-state index in [9.17, 15) is 4.79 Å². The third-order valence-corrected chi connectivity index (χ3v) is 3.97. The van der Waals surface area contributed by atoms with Gasteiger partial charge < -0.3 is 19.5 Å². The van der Waals surface area contributed by atoms with Gasteiger partial charge in [0, 0.05) is 17.3 Å². The summed E-state index contributed by atoms with van der Waals surface area (Å²) in [5, 5.41) is 2.88. The summed E-state index contributed by atoms with van der Waals surface area (Å²) >= 11 is 0. The highest BCUT2D eigenvalue weighted by Crippen LogP contribution is 2.35. The molecule has 0 aromatic heterocycles. The van der Waals surface area contributed by atoms with E-state index in [4.69, 9.17) is 14.2 Å². The summed E-state index contributed by atoms with van der Waals surface area (Å²) in [5.41, 5.74) is 2.25. The molecule has 1 aliphatic rings. The predicted octanol–water partition coefficient (Wildman–Crippen LogP) is 4.25.